The van der Waals surface area contributed by atoms with Gasteiger partial charge in [0.25, 0.3) is 0 Å². The molecule has 0 saturated carbocycles. The zero-order valence-electron chi connectivity index (χ0n) is 38.7. The molecule has 5 heteroatoms. The van der Waals surface area contributed by atoms with E-state index in [0.29, 0.717) is 12.8 Å². The van der Waals surface area contributed by atoms with Crippen LogP contribution >= 0.6 is 0 Å². The van der Waals surface area contributed by atoms with E-state index in [2.05, 4.69) is 31.3 Å². The van der Waals surface area contributed by atoms with Crippen LogP contribution in [0.3, 0.4) is 0 Å². The Morgan fingerprint density at radius 1 is 0.421 bits per heavy atom. The number of rotatable bonds is 48. The summed E-state index contributed by atoms with van der Waals surface area (Å²) >= 11 is 0. The highest BCUT2D eigenvalue weighted by molar-refractivity contribution is 5.76. The highest BCUT2D eigenvalue weighted by Crippen LogP contribution is 2.17. The maximum absolute atomic E-state index is 12.5. The van der Waals surface area contributed by atoms with Gasteiger partial charge in [0.1, 0.15) is 0 Å². The van der Waals surface area contributed by atoms with Crippen molar-refractivity contribution in [3.8, 4) is 0 Å². The summed E-state index contributed by atoms with van der Waals surface area (Å²) in [4.78, 5) is 12.5. The third-order valence-corrected chi connectivity index (χ3v) is 12.3. The van der Waals surface area contributed by atoms with Gasteiger partial charge in [0.05, 0.1) is 31.3 Å². The lowest BCUT2D eigenvalue weighted by atomic mass is 10.0. The quantitative estimate of drug-likeness (QED) is 0.0364. The molecule has 0 aromatic heterocycles. The van der Waals surface area contributed by atoms with E-state index < -0.39 is 18.2 Å². The van der Waals surface area contributed by atoms with Crippen LogP contribution in [0.1, 0.15) is 290 Å². The van der Waals surface area contributed by atoms with Gasteiger partial charge >= 0.3 is 0 Å². The fraction of sp³-hybridized carbons (Fsp3) is 0.942. The number of unbranched alkanes of at least 4 members (excludes halogenated alkanes) is 37. The van der Waals surface area contributed by atoms with Crippen LogP contribution in [0.5, 0.6) is 0 Å². The van der Waals surface area contributed by atoms with Gasteiger partial charge in [-0.2, -0.15) is 0 Å². The van der Waals surface area contributed by atoms with E-state index in [0.717, 1.165) is 25.7 Å². The van der Waals surface area contributed by atoms with Gasteiger partial charge < -0.3 is 20.6 Å². The Bertz CT molecular complexity index is 803. The molecule has 57 heavy (non-hydrogen) atoms. The first-order chi connectivity index (χ1) is 28.0. The molecule has 0 saturated heterocycles. The second-order valence-corrected chi connectivity index (χ2v) is 18.1. The molecule has 0 aliphatic heterocycles. The van der Waals surface area contributed by atoms with E-state index in [1.54, 1.807) is 0 Å². The molecule has 4 N–H and O–H groups in total. The summed E-state index contributed by atoms with van der Waals surface area (Å²) in [6.07, 6.45) is 57.8. The topological polar surface area (TPSA) is 89.8 Å². The molecule has 3 atom stereocenters. The van der Waals surface area contributed by atoms with Gasteiger partial charge in [0.2, 0.25) is 5.91 Å². The molecular weight excluding hydrogens is 703 g/mol. The van der Waals surface area contributed by atoms with Crippen molar-refractivity contribution in [2.24, 2.45) is 0 Å². The van der Waals surface area contributed by atoms with E-state index in [9.17, 15) is 20.1 Å². The van der Waals surface area contributed by atoms with Crippen LogP contribution in [0, 0.1) is 0 Å². The van der Waals surface area contributed by atoms with Gasteiger partial charge in [-0.05, 0) is 38.5 Å². The molecule has 0 aromatic carbocycles. The maximum Gasteiger partial charge on any atom is 0.222 e. The van der Waals surface area contributed by atoms with Gasteiger partial charge in [-0.3, -0.25) is 4.79 Å². The van der Waals surface area contributed by atoms with Crippen molar-refractivity contribution in [3.05, 3.63) is 12.2 Å². The smallest absolute Gasteiger partial charge is 0.222 e. The van der Waals surface area contributed by atoms with E-state index in [4.69, 9.17) is 0 Å². The number of aliphatic hydroxyl groups excluding tert-OH is 3. The first-order valence-corrected chi connectivity index (χ1v) is 26.0. The highest BCUT2D eigenvalue weighted by atomic mass is 16.3. The van der Waals surface area contributed by atoms with Gasteiger partial charge in [-0.15, -0.1) is 0 Å². The Balaban J connectivity index is 3.50. The van der Waals surface area contributed by atoms with Gasteiger partial charge in [0.15, 0.2) is 0 Å². The Morgan fingerprint density at radius 3 is 1.02 bits per heavy atom. The Hall–Kier alpha value is -0.910. The number of nitrogens with one attached hydrogen (secondary N) is 1. The van der Waals surface area contributed by atoms with Crippen molar-refractivity contribution < 1.29 is 20.1 Å². The van der Waals surface area contributed by atoms with Crippen LogP contribution in [0.2, 0.25) is 0 Å². The number of hydrogen-bond acceptors (Lipinski definition) is 4. The normalized spacial score (nSPS) is 13.4. The molecule has 0 radical (unpaired) electrons. The Labute approximate surface area is 357 Å². The molecule has 5 nitrogen and oxygen atoms in total. The van der Waals surface area contributed by atoms with Crippen LogP contribution in [-0.2, 0) is 4.79 Å². The zero-order chi connectivity index (χ0) is 41.5. The minimum Gasteiger partial charge on any atom is -0.394 e. The molecule has 0 bridgehead atoms. The maximum atomic E-state index is 12.5. The minimum absolute atomic E-state index is 0.0400. The number of allylic oxidation sites excluding steroid dienone is 2. The number of amides is 1. The van der Waals surface area contributed by atoms with Crippen molar-refractivity contribution in [1.82, 2.24) is 5.32 Å². The van der Waals surface area contributed by atoms with Crippen molar-refractivity contribution in [3.63, 3.8) is 0 Å². The lowest BCUT2D eigenvalue weighted by Gasteiger charge is -2.23. The van der Waals surface area contributed by atoms with Crippen LogP contribution in [0.15, 0.2) is 12.2 Å². The Kier molecular flexibility index (Phi) is 47.0. The van der Waals surface area contributed by atoms with Crippen LogP contribution in [-0.4, -0.2) is 46.1 Å². The molecule has 1 amide bonds. The molecule has 0 fully saturated rings. The molecule has 0 rings (SSSR count). The molecule has 0 heterocycles. The second kappa shape index (κ2) is 47.8. The number of aliphatic hydroxyl groups is 3. The largest absolute Gasteiger partial charge is 0.394 e. The molecule has 3 unspecified atom stereocenters. The predicted molar refractivity (Wildman–Crippen MR) is 250 cm³/mol. The standard InChI is InChI=1S/C52H103NO4/c1-3-5-7-9-11-13-15-17-19-20-21-22-23-24-25-26-27-28-29-30-31-32-33-35-37-39-41-43-45-49(55)47-52(57)53-50(48-54)51(56)46-44-42-40-38-36-34-18-16-14-12-10-8-6-4-2/h24-25,49-51,54-56H,3-23,26-48H2,1-2H3,(H,53,57)/b25-24-. The average molecular weight is 806 g/mol. The summed E-state index contributed by atoms with van der Waals surface area (Å²) in [7, 11) is 0. The summed E-state index contributed by atoms with van der Waals surface area (Å²) < 4.78 is 0. The van der Waals surface area contributed by atoms with Gasteiger partial charge in [-0.25, -0.2) is 0 Å². The Morgan fingerprint density at radius 2 is 0.702 bits per heavy atom. The summed E-state index contributed by atoms with van der Waals surface area (Å²) in [6, 6.07) is -0.655. The molecule has 0 spiro atoms. The predicted octanol–water partition coefficient (Wildman–Crippen LogP) is 15.6. The third-order valence-electron chi connectivity index (χ3n) is 12.3. The average Bonchev–Trinajstić information content (AvgIpc) is 3.20. The van der Waals surface area contributed by atoms with Crippen molar-refractivity contribution in [1.29, 1.82) is 0 Å². The summed E-state index contributed by atoms with van der Waals surface area (Å²) in [6.45, 7) is 4.29. The molecule has 340 valence electrons. The van der Waals surface area contributed by atoms with E-state index >= 15 is 0 Å². The third kappa shape index (κ3) is 44.5. The monoisotopic (exact) mass is 806 g/mol. The summed E-state index contributed by atoms with van der Waals surface area (Å²) in [5.41, 5.74) is 0. The van der Waals surface area contributed by atoms with E-state index in [1.165, 1.54) is 231 Å². The minimum atomic E-state index is -0.746. The van der Waals surface area contributed by atoms with Crippen LogP contribution in [0.4, 0.5) is 0 Å². The van der Waals surface area contributed by atoms with E-state index in [-0.39, 0.29) is 18.9 Å². The number of carbonyl (C=O) groups excluding carboxylic acids is 1. The summed E-state index contributed by atoms with van der Waals surface area (Å²) in [5, 5.41) is 33.5. The second-order valence-electron chi connectivity index (χ2n) is 18.1. The fourth-order valence-corrected chi connectivity index (χ4v) is 8.34. The summed E-state index contributed by atoms with van der Waals surface area (Å²) in [5.74, 6) is -0.279. The van der Waals surface area contributed by atoms with Crippen molar-refractivity contribution in [2.45, 2.75) is 308 Å². The SMILES string of the molecule is CCCCCCCCCCCCCC/C=C\CCCCCCCCCCCCCCC(O)CC(=O)NC(CO)C(O)CCCCCCCCCCCCCCCC. The van der Waals surface area contributed by atoms with Crippen molar-refractivity contribution in [2.75, 3.05) is 6.61 Å². The first-order valence-electron chi connectivity index (χ1n) is 26.0. The van der Waals surface area contributed by atoms with Gasteiger partial charge in [0, 0.05) is 0 Å². The zero-order valence-corrected chi connectivity index (χ0v) is 38.7. The lowest BCUT2D eigenvalue weighted by molar-refractivity contribution is -0.125. The first kappa shape index (κ1) is 56.1. The number of carbonyl (C=O) groups is 1. The lowest BCUT2D eigenvalue weighted by Crippen LogP contribution is -2.46. The van der Waals surface area contributed by atoms with E-state index in [1.807, 2.05) is 0 Å². The number of hydrogen-bond donors (Lipinski definition) is 4. The van der Waals surface area contributed by atoms with Crippen molar-refractivity contribution >= 4 is 5.91 Å². The molecular formula is C52H103NO4. The molecule has 0 aliphatic rings. The van der Waals surface area contributed by atoms with Crippen LogP contribution < -0.4 is 5.32 Å². The highest BCUT2D eigenvalue weighted by Gasteiger charge is 2.21. The fourth-order valence-electron chi connectivity index (χ4n) is 8.34. The van der Waals surface area contributed by atoms with Crippen LogP contribution in [0.25, 0.3) is 0 Å². The molecule has 0 aromatic rings. The van der Waals surface area contributed by atoms with Gasteiger partial charge in [-0.1, -0.05) is 257 Å². The molecule has 0 aliphatic carbocycles.